The zero-order valence-electron chi connectivity index (χ0n) is 20.9. The first-order chi connectivity index (χ1) is 18.1. The Balaban J connectivity index is 1.24. The Bertz CT molecular complexity index is 1410. The largest absolute Gasteiger partial charge is 0.356 e. The summed E-state index contributed by atoms with van der Waals surface area (Å²) in [5.74, 6) is 11.8. The highest BCUT2D eigenvalue weighted by Gasteiger charge is 2.76. The summed E-state index contributed by atoms with van der Waals surface area (Å²) in [6.07, 6.45) is 7.56. The Morgan fingerprint density at radius 3 is 2.84 bits per heavy atom. The van der Waals surface area contributed by atoms with Crippen molar-refractivity contribution in [1.29, 1.82) is 5.41 Å². The number of para-hydroxylation sites is 1. The number of rotatable bonds is 8. The maximum atomic E-state index is 8.17. The Kier molecular flexibility index (Phi) is 5.57. The fraction of sp³-hybridized carbons (Fsp3) is 0.483. The van der Waals surface area contributed by atoms with Gasteiger partial charge in [-0.25, -0.2) is 9.97 Å². The van der Waals surface area contributed by atoms with Crippen molar-refractivity contribution in [2.24, 2.45) is 51.2 Å². The number of aromatic nitrogens is 2. The minimum atomic E-state index is 0.192. The molecule has 0 aliphatic heterocycles. The second kappa shape index (κ2) is 8.86. The van der Waals surface area contributed by atoms with Gasteiger partial charge in [-0.15, -0.1) is 5.11 Å². The molecule has 0 amide bonds. The second-order valence-electron chi connectivity index (χ2n) is 11.5. The molecule has 1 heterocycles. The van der Waals surface area contributed by atoms with Gasteiger partial charge < -0.3 is 10.7 Å². The fourth-order valence-electron chi connectivity index (χ4n) is 8.61. The predicted octanol–water partition coefficient (Wildman–Crippen LogP) is 6.63. The van der Waals surface area contributed by atoms with Gasteiger partial charge in [0.25, 0.3) is 0 Å². The van der Waals surface area contributed by atoms with E-state index in [0.29, 0.717) is 18.4 Å². The first kappa shape index (κ1) is 23.3. The lowest BCUT2D eigenvalue weighted by Crippen LogP contribution is -2.33. The van der Waals surface area contributed by atoms with Crippen LogP contribution in [0.25, 0.3) is 22.3 Å². The van der Waals surface area contributed by atoms with Crippen LogP contribution in [-0.4, -0.2) is 28.9 Å². The van der Waals surface area contributed by atoms with Gasteiger partial charge in [0.1, 0.15) is 11.7 Å². The van der Waals surface area contributed by atoms with Crippen LogP contribution in [0.5, 0.6) is 0 Å². The quantitative estimate of drug-likeness (QED) is 0.106. The molecule has 1 aromatic heterocycles. The van der Waals surface area contributed by atoms with E-state index in [9.17, 15) is 0 Å². The first-order valence-electron chi connectivity index (χ1n) is 13.5. The molecule has 3 N–H and O–H groups in total. The van der Waals surface area contributed by atoms with Gasteiger partial charge in [0.05, 0.1) is 5.52 Å². The molecule has 8 heteroatoms. The van der Waals surface area contributed by atoms with Gasteiger partial charge in [0.2, 0.25) is 0 Å². The minimum Gasteiger partial charge on any atom is -0.356 e. The maximum absolute atomic E-state index is 8.17. The normalized spacial score (nSPS) is 30.8. The van der Waals surface area contributed by atoms with Crippen molar-refractivity contribution >= 4 is 38.5 Å². The van der Waals surface area contributed by atoms with E-state index in [1.165, 1.54) is 32.1 Å². The summed E-state index contributed by atoms with van der Waals surface area (Å²) in [4.78, 5) is 12.4. The average molecular weight is 559 g/mol. The van der Waals surface area contributed by atoms with Crippen LogP contribution in [0.2, 0.25) is 0 Å². The number of halogens is 1. The molecule has 2 aromatic carbocycles. The van der Waals surface area contributed by atoms with Gasteiger partial charge in [-0.05, 0) is 91.4 Å². The van der Waals surface area contributed by atoms with Gasteiger partial charge in [0.15, 0.2) is 5.82 Å². The highest BCUT2D eigenvalue weighted by Crippen LogP contribution is 2.83. The van der Waals surface area contributed by atoms with E-state index in [0.717, 1.165) is 68.7 Å². The van der Waals surface area contributed by atoms with Crippen molar-refractivity contribution in [1.82, 2.24) is 9.97 Å². The molecule has 6 unspecified atom stereocenters. The molecule has 4 saturated carbocycles. The number of benzene rings is 2. The zero-order valence-corrected chi connectivity index (χ0v) is 22.4. The monoisotopic (exact) mass is 557 g/mol. The van der Waals surface area contributed by atoms with E-state index in [4.69, 9.17) is 21.2 Å². The Morgan fingerprint density at radius 2 is 1.97 bits per heavy atom. The van der Waals surface area contributed by atoms with Crippen LogP contribution < -0.4 is 10.7 Å². The predicted molar refractivity (Wildman–Crippen MR) is 149 cm³/mol. The second-order valence-corrected chi connectivity index (χ2v) is 12.5. The van der Waals surface area contributed by atoms with E-state index < -0.39 is 0 Å². The number of nitrogens with two attached hydrogens (primary N) is 1. The van der Waals surface area contributed by atoms with Crippen LogP contribution in [0.4, 0.5) is 5.82 Å². The first-order valence-corrected chi connectivity index (χ1v) is 14.3. The van der Waals surface area contributed by atoms with Gasteiger partial charge in [-0.2, -0.15) is 0 Å². The van der Waals surface area contributed by atoms with Crippen molar-refractivity contribution < 1.29 is 0 Å². The molecule has 7 rings (SSSR count). The zero-order chi connectivity index (χ0) is 25.1. The lowest BCUT2D eigenvalue weighted by molar-refractivity contribution is 0.169. The van der Waals surface area contributed by atoms with E-state index in [2.05, 4.69) is 61.5 Å². The molecule has 3 aromatic rings. The Labute approximate surface area is 225 Å². The number of anilines is 1. The summed E-state index contributed by atoms with van der Waals surface area (Å²) in [6.45, 7) is 1.58. The molecule has 0 saturated heterocycles. The molecule has 190 valence electrons. The van der Waals surface area contributed by atoms with Gasteiger partial charge >= 0.3 is 0 Å². The summed E-state index contributed by atoms with van der Waals surface area (Å²) in [7, 11) is 0. The SMILES string of the molecule is N=C(CCN(CCC1C2CC3CC4CC41C3C2)c1nc(-c2cccc(Br)c2)nc2ccccc12)/N=N\N. The smallest absolute Gasteiger partial charge is 0.162 e. The standard InChI is InChI=1S/C29H32BrN7/c30-21-5-3-4-17(14-21)27-33-25-7-2-1-6-22(25)28(34-27)37(11-9-26(31)35-36-32)10-8-23-19-12-18-13-20-16-29(20,23)24(18)15-19/h1-7,14,18-20,23-24H,8-13,15-16H2,(H3,31,32,35). The van der Waals surface area contributed by atoms with Crippen LogP contribution in [0.3, 0.4) is 0 Å². The number of hydrogen-bond acceptors (Lipinski definition) is 5. The molecule has 1 spiro atoms. The maximum Gasteiger partial charge on any atom is 0.162 e. The fourth-order valence-corrected chi connectivity index (χ4v) is 9.01. The topological polar surface area (TPSA) is 104 Å². The highest BCUT2D eigenvalue weighted by molar-refractivity contribution is 9.10. The number of amidine groups is 1. The molecule has 4 aliphatic rings. The molecular weight excluding hydrogens is 526 g/mol. The summed E-state index contributed by atoms with van der Waals surface area (Å²) < 4.78 is 1.00. The van der Waals surface area contributed by atoms with Crippen LogP contribution in [-0.2, 0) is 0 Å². The molecule has 37 heavy (non-hydrogen) atoms. The third-order valence-corrected chi connectivity index (χ3v) is 10.4. The molecule has 6 atom stereocenters. The van der Waals surface area contributed by atoms with Crippen molar-refractivity contribution in [3.63, 3.8) is 0 Å². The van der Waals surface area contributed by atoms with E-state index in [-0.39, 0.29) is 5.84 Å². The minimum absolute atomic E-state index is 0.192. The van der Waals surface area contributed by atoms with Crippen LogP contribution >= 0.6 is 15.9 Å². The Morgan fingerprint density at radius 1 is 1.08 bits per heavy atom. The van der Waals surface area contributed by atoms with Gasteiger partial charge in [-0.3, -0.25) is 5.41 Å². The van der Waals surface area contributed by atoms with Gasteiger partial charge in [-0.1, -0.05) is 45.4 Å². The van der Waals surface area contributed by atoms with Crippen molar-refractivity contribution in [2.45, 2.75) is 38.5 Å². The van der Waals surface area contributed by atoms with Crippen molar-refractivity contribution in [3.8, 4) is 11.4 Å². The van der Waals surface area contributed by atoms with Crippen LogP contribution in [0.15, 0.2) is 63.3 Å². The van der Waals surface area contributed by atoms with E-state index in [1.54, 1.807) is 0 Å². The molecule has 7 nitrogen and oxygen atoms in total. The molecule has 0 radical (unpaired) electrons. The van der Waals surface area contributed by atoms with Crippen LogP contribution in [0, 0.1) is 40.4 Å². The summed E-state index contributed by atoms with van der Waals surface area (Å²) >= 11 is 3.60. The number of fused-ring (bicyclic) bond motifs is 2. The number of hydrogen-bond donors (Lipinski definition) is 2. The lowest BCUT2D eigenvalue weighted by Gasteiger charge is -2.34. The van der Waals surface area contributed by atoms with Crippen molar-refractivity contribution in [3.05, 3.63) is 53.0 Å². The van der Waals surface area contributed by atoms with Gasteiger partial charge in [0, 0.05) is 34.9 Å². The Hall–Kier alpha value is -2.87. The summed E-state index contributed by atoms with van der Waals surface area (Å²) in [5, 5.41) is 16.3. The number of nitrogens with zero attached hydrogens (tertiary/aromatic N) is 5. The summed E-state index contributed by atoms with van der Waals surface area (Å²) in [6, 6.07) is 16.4. The third-order valence-electron chi connectivity index (χ3n) is 9.94. The molecule has 2 bridgehead atoms. The number of nitrogens with one attached hydrogen (secondary N) is 1. The lowest BCUT2D eigenvalue weighted by atomic mass is 9.73. The average Bonchev–Trinajstić information content (AvgIpc) is 3.17. The van der Waals surface area contributed by atoms with Crippen molar-refractivity contribution in [2.75, 3.05) is 18.0 Å². The van der Waals surface area contributed by atoms with E-state index in [1.807, 2.05) is 18.2 Å². The molecular formula is C29H32BrN7. The summed E-state index contributed by atoms with van der Waals surface area (Å²) in [5.41, 5.74) is 2.58. The third kappa shape index (κ3) is 3.78. The van der Waals surface area contributed by atoms with E-state index >= 15 is 0 Å². The molecule has 4 fully saturated rings. The molecule has 4 aliphatic carbocycles. The van der Waals surface area contributed by atoms with Crippen LogP contribution in [0.1, 0.15) is 38.5 Å². The highest BCUT2D eigenvalue weighted by atomic mass is 79.9.